The average Bonchev–Trinajstić information content (AvgIpc) is 3.54. The number of nitrogens with two attached hydrogens (primary N) is 2. The lowest BCUT2D eigenvalue weighted by atomic mass is 9.94. The number of carboxylic acid groups (broad SMARTS) is 2. The molecule has 0 radical (unpaired) electrons. The van der Waals surface area contributed by atoms with Gasteiger partial charge in [0.1, 0.15) is 11.4 Å². The van der Waals surface area contributed by atoms with Gasteiger partial charge in [-0.3, -0.25) is 24.1 Å². The zero-order valence-electron chi connectivity index (χ0n) is 28.8. The first kappa shape index (κ1) is 41.9. The number of ether oxygens (including phenoxy) is 1. The van der Waals surface area contributed by atoms with Crippen molar-refractivity contribution in [3.8, 4) is 0 Å². The molecular weight excluding hydrogens is 723 g/mol. The Balaban J connectivity index is 0.000000245. The summed E-state index contributed by atoms with van der Waals surface area (Å²) in [6.45, 7) is 3.76. The highest BCUT2D eigenvalue weighted by atomic mass is 32.1. The molecule has 4 amide bonds. The number of aliphatic carboxylic acids is 2. The van der Waals surface area contributed by atoms with E-state index in [1.807, 2.05) is 12.1 Å². The number of carbonyl (C=O) groups excluding carboxylic acids is 4. The smallest absolute Gasteiger partial charge is 0.480 e. The van der Waals surface area contributed by atoms with Gasteiger partial charge in [0.05, 0.1) is 12.2 Å². The number of piperazine rings is 1. The second kappa shape index (κ2) is 19.4. The van der Waals surface area contributed by atoms with Crippen LogP contribution in [0.15, 0.2) is 54.6 Å². The summed E-state index contributed by atoms with van der Waals surface area (Å²) in [6, 6.07) is 15.6. The first-order valence-electron chi connectivity index (χ1n) is 16.4. The molecular formula is C35H40F3N5O9S. The Bertz CT molecular complexity index is 1780. The van der Waals surface area contributed by atoms with Gasteiger partial charge in [0.2, 0.25) is 0 Å². The number of primary amides is 1. The molecule has 14 nitrogen and oxygen atoms in total. The molecule has 1 aliphatic carbocycles. The number of para-hydroxylation sites is 1. The Labute approximate surface area is 306 Å². The van der Waals surface area contributed by atoms with Gasteiger partial charge in [-0.25, -0.2) is 9.59 Å². The molecule has 0 unspecified atom stereocenters. The van der Waals surface area contributed by atoms with Gasteiger partial charge < -0.3 is 36.2 Å². The van der Waals surface area contributed by atoms with Crippen LogP contribution in [-0.2, 0) is 33.7 Å². The molecule has 0 spiro atoms. The average molecular weight is 764 g/mol. The van der Waals surface area contributed by atoms with E-state index in [-0.39, 0.29) is 17.9 Å². The van der Waals surface area contributed by atoms with Crippen LogP contribution in [0.2, 0.25) is 0 Å². The molecule has 286 valence electrons. The quantitative estimate of drug-likeness (QED) is 0.257. The molecule has 6 N–H and O–H groups in total. The Morgan fingerprint density at radius 3 is 2.06 bits per heavy atom. The van der Waals surface area contributed by atoms with Gasteiger partial charge in [-0.05, 0) is 68.0 Å². The van der Waals surface area contributed by atoms with Gasteiger partial charge >= 0.3 is 24.2 Å². The van der Waals surface area contributed by atoms with E-state index < -0.39 is 30.6 Å². The molecule has 0 atom stereocenters. The van der Waals surface area contributed by atoms with Crippen molar-refractivity contribution in [2.24, 2.45) is 11.5 Å². The van der Waals surface area contributed by atoms with Crippen LogP contribution < -0.4 is 16.4 Å². The minimum absolute atomic E-state index is 0.142. The maximum atomic E-state index is 13.1. The number of carboxylic acids is 2. The third-order valence-electron chi connectivity index (χ3n) is 7.96. The summed E-state index contributed by atoms with van der Waals surface area (Å²) in [4.78, 5) is 75.2. The summed E-state index contributed by atoms with van der Waals surface area (Å²) < 4.78 is 36.7. The van der Waals surface area contributed by atoms with E-state index in [0.29, 0.717) is 61.0 Å². The van der Waals surface area contributed by atoms with E-state index in [9.17, 15) is 37.1 Å². The highest BCUT2D eigenvalue weighted by molar-refractivity contribution is 7.14. The Hall–Kier alpha value is -5.49. The second-order valence-electron chi connectivity index (χ2n) is 11.6. The fourth-order valence-corrected chi connectivity index (χ4v) is 6.67. The lowest BCUT2D eigenvalue weighted by Gasteiger charge is -2.34. The zero-order valence-corrected chi connectivity index (χ0v) is 29.6. The van der Waals surface area contributed by atoms with Crippen LogP contribution in [-0.4, -0.2) is 101 Å². The van der Waals surface area contributed by atoms with Crippen molar-refractivity contribution in [2.75, 3.05) is 44.2 Å². The number of amides is 4. The van der Waals surface area contributed by atoms with E-state index in [1.165, 1.54) is 16.2 Å². The molecule has 2 aliphatic rings. The minimum atomic E-state index is -5.08. The fourth-order valence-electron chi connectivity index (χ4n) is 5.44. The number of hydrogen-bond donors (Lipinski definition) is 4. The molecule has 1 aromatic heterocycles. The number of halogens is 3. The van der Waals surface area contributed by atoms with Gasteiger partial charge in [0.15, 0.2) is 0 Å². The van der Waals surface area contributed by atoms with E-state index in [2.05, 4.69) is 0 Å². The summed E-state index contributed by atoms with van der Waals surface area (Å²) >= 11 is 1.37. The largest absolute Gasteiger partial charge is 0.490 e. The van der Waals surface area contributed by atoms with Gasteiger partial charge in [-0.2, -0.15) is 13.2 Å². The Morgan fingerprint density at radius 1 is 0.906 bits per heavy atom. The van der Waals surface area contributed by atoms with Crippen LogP contribution in [0.5, 0.6) is 0 Å². The third-order valence-corrected chi connectivity index (χ3v) is 9.27. The fraction of sp³-hybridized carbons (Fsp3) is 0.371. The standard InChI is InChI=1S/C17H23N3O4S.C16H16N2O3.C2HF3O2/c1-2-24-17(23)20-9-7-19(8-10-20)16(22)13-11-5-3-4-6-12(11)25-14(13)15(18)21;17-10-12-5-4-6-13(9-12)16(21)18(11-15(19)20)14-7-2-1-3-8-14;3-2(4,5)1(6)7/h2-10H2,1H3,(H2,18,21);1-9H,10-11,17H2,(H,19,20);(H,6,7). The Morgan fingerprint density at radius 2 is 1.51 bits per heavy atom. The van der Waals surface area contributed by atoms with Gasteiger partial charge in [0, 0.05) is 48.9 Å². The number of anilines is 1. The molecule has 18 heteroatoms. The van der Waals surface area contributed by atoms with Crippen molar-refractivity contribution >= 4 is 52.8 Å². The van der Waals surface area contributed by atoms with Crippen LogP contribution in [0.4, 0.5) is 23.7 Å². The molecule has 1 saturated heterocycles. The number of fused-ring (bicyclic) bond motifs is 1. The predicted octanol–water partition coefficient (Wildman–Crippen LogP) is 4.15. The number of hydrogen-bond acceptors (Lipinski definition) is 9. The number of rotatable bonds is 8. The number of alkyl halides is 3. The second-order valence-corrected chi connectivity index (χ2v) is 12.7. The lowest BCUT2D eigenvalue weighted by molar-refractivity contribution is -0.192. The van der Waals surface area contributed by atoms with Crippen LogP contribution >= 0.6 is 11.3 Å². The minimum Gasteiger partial charge on any atom is -0.480 e. The molecule has 2 heterocycles. The topological polar surface area (TPSA) is 214 Å². The van der Waals surface area contributed by atoms with E-state index in [4.69, 9.17) is 31.2 Å². The number of carbonyl (C=O) groups is 6. The van der Waals surface area contributed by atoms with E-state index in [0.717, 1.165) is 41.7 Å². The van der Waals surface area contributed by atoms with Crippen molar-refractivity contribution in [3.05, 3.63) is 86.6 Å². The van der Waals surface area contributed by atoms with Crippen molar-refractivity contribution < 1.29 is 56.9 Å². The van der Waals surface area contributed by atoms with Crippen LogP contribution in [0.1, 0.15) is 66.2 Å². The molecule has 1 fully saturated rings. The van der Waals surface area contributed by atoms with Crippen molar-refractivity contribution in [3.63, 3.8) is 0 Å². The van der Waals surface area contributed by atoms with Crippen molar-refractivity contribution in [2.45, 2.75) is 45.3 Å². The lowest BCUT2D eigenvalue weighted by Crippen LogP contribution is -2.51. The molecule has 53 heavy (non-hydrogen) atoms. The predicted molar refractivity (Wildman–Crippen MR) is 188 cm³/mol. The maximum Gasteiger partial charge on any atom is 0.490 e. The number of aryl methyl sites for hydroxylation is 1. The van der Waals surface area contributed by atoms with Crippen LogP contribution in [0.3, 0.4) is 0 Å². The summed E-state index contributed by atoms with van der Waals surface area (Å²) in [6.07, 6.45) is -1.59. The van der Waals surface area contributed by atoms with Crippen LogP contribution in [0.25, 0.3) is 0 Å². The monoisotopic (exact) mass is 763 g/mol. The highest BCUT2D eigenvalue weighted by Gasteiger charge is 2.38. The van der Waals surface area contributed by atoms with Crippen LogP contribution in [0, 0.1) is 0 Å². The SMILES string of the molecule is CCOC(=O)N1CCN(C(=O)c2c(C(N)=O)sc3c2CCCC3)CC1.NCc1cccc(C(=O)N(CC(=O)O)c2ccccc2)c1.O=C(O)C(F)(F)F. The maximum absolute atomic E-state index is 13.1. The summed E-state index contributed by atoms with van der Waals surface area (Å²) in [7, 11) is 0. The van der Waals surface area contributed by atoms with E-state index >= 15 is 0 Å². The van der Waals surface area contributed by atoms with Gasteiger partial charge in [0.25, 0.3) is 17.7 Å². The zero-order chi connectivity index (χ0) is 39.3. The molecule has 0 saturated carbocycles. The third kappa shape index (κ3) is 11.8. The summed E-state index contributed by atoms with van der Waals surface area (Å²) in [5.74, 6) is -4.86. The summed E-state index contributed by atoms with van der Waals surface area (Å²) in [5, 5.41) is 16.2. The first-order chi connectivity index (χ1) is 25.1. The number of benzene rings is 2. The number of nitrogens with zero attached hydrogens (tertiary/aromatic N) is 3. The first-order valence-corrected chi connectivity index (χ1v) is 17.2. The van der Waals surface area contributed by atoms with Gasteiger partial charge in [-0.1, -0.05) is 30.3 Å². The molecule has 2 aromatic carbocycles. The normalized spacial score (nSPS) is 13.6. The molecule has 1 aliphatic heterocycles. The van der Waals surface area contributed by atoms with Crippen molar-refractivity contribution in [1.82, 2.24) is 9.80 Å². The molecule has 5 rings (SSSR count). The molecule has 0 bridgehead atoms. The van der Waals surface area contributed by atoms with Gasteiger partial charge in [-0.15, -0.1) is 11.3 Å². The number of thiophene rings is 1. The van der Waals surface area contributed by atoms with Crippen molar-refractivity contribution in [1.29, 1.82) is 0 Å². The summed E-state index contributed by atoms with van der Waals surface area (Å²) in [5.41, 5.74) is 14.4. The molecule has 3 aromatic rings. The Kier molecular flexibility index (Phi) is 15.3. The highest BCUT2D eigenvalue weighted by Crippen LogP contribution is 2.35. The van der Waals surface area contributed by atoms with E-state index in [1.54, 1.807) is 59.2 Å².